The van der Waals surface area contributed by atoms with Crippen LogP contribution >= 0.6 is 0 Å². The third kappa shape index (κ3) is 4.67. The van der Waals surface area contributed by atoms with Crippen LogP contribution in [0.5, 0.6) is 0 Å². The fraction of sp³-hybridized carbons (Fsp3) is 0.857. The molecule has 0 bridgehead atoms. The van der Waals surface area contributed by atoms with Gasteiger partial charge >= 0.3 is 11.9 Å². The summed E-state index contributed by atoms with van der Waals surface area (Å²) in [5, 5.41) is 17.8. The summed E-state index contributed by atoms with van der Waals surface area (Å²) >= 11 is 0. The molecule has 1 aliphatic carbocycles. The van der Waals surface area contributed by atoms with Gasteiger partial charge in [0.1, 0.15) is 0 Å². The van der Waals surface area contributed by atoms with Gasteiger partial charge in [0.05, 0.1) is 6.42 Å². The second-order valence-electron chi connectivity index (χ2n) is 6.51. The summed E-state index contributed by atoms with van der Waals surface area (Å²) in [6, 6.07) is 0. The zero-order valence-corrected chi connectivity index (χ0v) is 11.4. The summed E-state index contributed by atoms with van der Waals surface area (Å²) in [5.41, 5.74) is -0.202. The average Bonchev–Trinajstić information content (AvgIpc) is 2.61. The van der Waals surface area contributed by atoms with Gasteiger partial charge in [-0.2, -0.15) is 0 Å². The van der Waals surface area contributed by atoms with Crippen LogP contribution in [0.3, 0.4) is 0 Å². The molecule has 0 atom stereocenters. The lowest BCUT2D eigenvalue weighted by Crippen LogP contribution is -2.29. The predicted molar refractivity (Wildman–Crippen MR) is 68.4 cm³/mol. The Morgan fingerprint density at radius 3 is 2.11 bits per heavy atom. The van der Waals surface area contributed by atoms with Crippen LogP contribution in [0.1, 0.15) is 65.2 Å². The van der Waals surface area contributed by atoms with Crippen molar-refractivity contribution in [1.29, 1.82) is 0 Å². The molecule has 2 N–H and O–H groups in total. The zero-order valence-electron chi connectivity index (χ0n) is 11.4. The summed E-state index contributed by atoms with van der Waals surface area (Å²) in [7, 11) is 0. The average molecular weight is 256 g/mol. The van der Waals surface area contributed by atoms with Gasteiger partial charge < -0.3 is 10.2 Å². The predicted octanol–water partition coefficient (Wildman–Crippen LogP) is 3.30. The first-order valence-electron chi connectivity index (χ1n) is 6.68. The summed E-state index contributed by atoms with van der Waals surface area (Å²) < 4.78 is 0. The molecule has 4 heteroatoms. The normalized spacial score (nSPS) is 18.8. The third-order valence-electron chi connectivity index (χ3n) is 4.06. The molecule has 1 fully saturated rings. The molecule has 0 aromatic heterocycles. The van der Waals surface area contributed by atoms with Crippen LogP contribution in [0.4, 0.5) is 0 Å². The summed E-state index contributed by atoms with van der Waals surface area (Å²) in [6.07, 6.45) is 5.96. The Bertz CT molecular complexity index is 314. The second kappa shape index (κ2) is 5.72. The van der Waals surface area contributed by atoms with E-state index in [1.165, 1.54) is 0 Å². The Balaban J connectivity index is 2.64. The van der Waals surface area contributed by atoms with E-state index in [4.69, 9.17) is 10.2 Å². The minimum Gasteiger partial charge on any atom is -0.481 e. The van der Waals surface area contributed by atoms with Gasteiger partial charge in [-0.05, 0) is 36.5 Å². The first-order chi connectivity index (χ1) is 8.25. The van der Waals surface area contributed by atoms with Crippen LogP contribution in [-0.4, -0.2) is 22.2 Å². The number of aliphatic carboxylic acids is 2. The van der Waals surface area contributed by atoms with Crippen LogP contribution in [-0.2, 0) is 9.59 Å². The molecule has 0 saturated heterocycles. The van der Waals surface area contributed by atoms with Crippen molar-refractivity contribution < 1.29 is 19.8 Å². The molecule has 104 valence electrons. The molecular formula is C14H24O4. The van der Waals surface area contributed by atoms with Gasteiger partial charge in [-0.25, -0.2) is 0 Å². The highest BCUT2D eigenvalue weighted by Gasteiger charge is 2.40. The topological polar surface area (TPSA) is 74.6 Å². The van der Waals surface area contributed by atoms with E-state index < -0.39 is 11.9 Å². The van der Waals surface area contributed by atoms with Crippen molar-refractivity contribution in [2.75, 3.05) is 0 Å². The molecule has 1 rings (SSSR count). The standard InChI is InChI=1S/C14H24O4/c1-13(2,8-5-11(15)16)10-14(9-12(17)18)6-3-4-7-14/h3-10H2,1-2H3,(H,15,16)(H,17,18). The molecule has 0 aliphatic heterocycles. The minimum absolute atomic E-state index is 0.0990. The zero-order chi connectivity index (χ0) is 13.8. The molecule has 4 nitrogen and oxygen atoms in total. The Morgan fingerprint density at radius 1 is 1.11 bits per heavy atom. The van der Waals surface area contributed by atoms with E-state index in [2.05, 4.69) is 13.8 Å². The Labute approximate surface area is 108 Å². The van der Waals surface area contributed by atoms with Crippen LogP contribution in [0.15, 0.2) is 0 Å². The van der Waals surface area contributed by atoms with Gasteiger partial charge in [-0.1, -0.05) is 26.7 Å². The van der Waals surface area contributed by atoms with Crippen molar-refractivity contribution in [3.63, 3.8) is 0 Å². The van der Waals surface area contributed by atoms with E-state index in [1.807, 2.05) is 0 Å². The molecule has 18 heavy (non-hydrogen) atoms. The van der Waals surface area contributed by atoms with Crippen LogP contribution < -0.4 is 0 Å². The summed E-state index contributed by atoms with van der Waals surface area (Å²) in [6.45, 7) is 4.11. The number of hydrogen-bond acceptors (Lipinski definition) is 2. The number of rotatable bonds is 7. The highest BCUT2D eigenvalue weighted by atomic mass is 16.4. The maximum atomic E-state index is 11.0. The van der Waals surface area contributed by atoms with E-state index in [1.54, 1.807) is 0 Å². The minimum atomic E-state index is -0.776. The number of carboxylic acid groups (broad SMARTS) is 2. The first-order valence-corrected chi connectivity index (χ1v) is 6.68. The Hall–Kier alpha value is -1.06. The van der Waals surface area contributed by atoms with Crippen molar-refractivity contribution in [2.24, 2.45) is 10.8 Å². The molecule has 0 radical (unpaired) electrons. The monoisotopic (exact) mass is 256 g/mol. The lowest BCUT2D eigenvalue weighted by Gasteiger charge is -2.36. The van der Waals surface area contributed by atoms with Gasteiger partial charge in [0, 0.05) is 6.42 Å². The quantitative estimate of drug-likeness (QED) is 0.732. The third-order valence-corrected chi connectivity index (χ3v) is 4.06. The van der Waals surface area contributed by atoms with Crippen LogP contribution in [0, 0.1) is 10.8 Å². The summed E-state index contributed by atoms with van der Waals surface area (Å²) in [4.78, 5) is 21.7. The molecule has 0 heterocycles. The fourth-order valence-corrected chi connectivity index (χ4v) is 3.41. The van der Waals surface area contributed by atoms with Gasteiger partial charge in [-0.3, -0.25) is 9.59 Å². The van der Waals surface area contributed by atoms with Gasteiger partial charge in [0.25, 0.3) is 0 Å². The smallest absolute Gasteiger partial charge is 0.303 e. The van der Waals surface area contributed by atoms with E-state index >= 15 is 0 Å². The van der Waals surface area contributed by atoms with Crippen LogP contribution in [0.2, 0.25) is 0 Å². The highest BCUT2D eigenvalue weighted by molar-refractivity contribution is 5.68. The molecule has 0 aromatic carbocycles. The first kappa shape index (κ1) is 15.0. The van der Waals surface area contributed by atoms with E-state index in [9.17, 15) is 9.59 Å². The second-order valence-corrected chi connectivity index (χ2v) is 6.51. The van der Waals surface area contributed by atoms with Crippen molar-refractivity contribution in [2.45, 2.75) is 65.2 Å². The molecule has 0 spiro atoms. The SMILES string of the molecule is CC(C)(CCC(=O)O)CC1(CC(=O)O)CCCC1. The van der Waals surface area contributed by atoms with Crippen molar-refractivity contribution in [3.05, 3.63) is 0 Å². The van der Waals surface area contributed by atoms with Crippen molar-refractivity contribution >= 4 is 11.9 Å². The number of carbonyl (C=O) groups is 2. The molecule has 0 aromatic rings. The van der Waals surface area contributed by atoms with Gasteiger partial charge in [0.2, 0.25) is 0 Å². The number of carboxylic acids is 2. The highest BCUT2D eigenvalue weighted by Crippen LogP contribution is 2.49. The molecule has 0 amide bonds. The maximum Gasteiger partial charge on any atom is 0.303 e. The van der Waals surface area contributed by atoms with Gasteiger partial charge in [-0.15, -0.1) is 0 Å². The fourth-order valence-electron chi connectivity index (χ4n) is 3.41. The summed E-state index contributed by atoms with van der Waals surface area (Å²) in [5.74, 6) is -1.51. The van der Waals surface area contributed by atoms with Crippen molar-refractivity contribution in [3.8, 4) is 0 Å². The van der Waals surface area contributed by atoms with E-state index in [0.29, 0.717) is 6.42 Å². The lowest BCUT2D eigenvalue weighted by atomic mass is 9.68. The largest absolute Gasteiger partial charge is 0.481 e. The number of hydrogen-bond donors (Lipinski definition) is 2. The van der Waals surface area contributed by atoms with Crippen molar-refractivity contribution in [1.82, 2.24) is 0 Å². The molecular weight excluding hydrogens is 232 g/mol. The van der Waals surface area contributed by atoms with E-state index in [-0.39, 0.29) is 23.7 Å². The lowest BCUT2D eigenvalue weighted by molar-refractivity contribution is -0.141. The Morgan fingerprint density at radius 2 is 1.67 bits per heavy atom. The van der Waals surface area contributed by atoms with Gasteiger partial charge in [0.15, 0.2) is 0 Å². The molecule has 1 aliphatic rings. The van der Waals surface area contributed by atoms with Crippen LogP contribution in [0.25, 0.3) is 0 Å². The van der Waals surface area contributed by atoms with E-state index in [0.717, 1.165) is 32.1 Å². The Kier molecular flexibility index (Phi) is 4.77. The maximum absolute atomic E-state index is 11.0. The molecule has 0 unspecified atom stereocenters. The molecule has 1 saturated carbocycles.